The first kappa shape index (κ1) is 12.4. The van der Waals surface area contributed by atoms with Crippen LogP contribution in [0.25, 0.3) is 0 Å². The van der Waals surface area contributed by atoms with Gasteiger partial charge in [0.15, 0.2) is 0 Å². The number of carboxylic acid groups (broad SMARTS) is 1. The predicted octanol–water partition coefficient (Wildman–Crippen LogP) is 1.14. The van der Waals surface area contributed by atoms with Gasteiger partial charge in [-0.05, 0) is 12.5 Å². The predicted molar refractivity (Wildman–Crippen MR) is 58.9 cm³/mol. The Labute approximate surface area is 93.3 Å². The first-order valence-electron chi connectivity index (χ1n) is 5.04. The zero-order valence-electron chi connectivity index (χ0n) is 9.34. The summed E-state index contributed by atoms with van der Waals surface area (Å²) < 4.78 is 6.41. The summed E-state index contributed by atoms with van der Waals surface area (Å²) in [6.07, 6.45) is 2.06. The maximum absolute atomic E-state index is 11.6. The Balaban J connectivity index is 3.14. The van der Waals surface area contributed by atoms with E-state index in [0.29, 0.717) is 13.0 Å². The zero-order valence-corrected chi connectivity index (χ0v) is 9.34. The minimum atomic E-state index is -1.04. The fraction of sp³-hybridized carbons (Fsp3) is 0.455. The zero-order chi connectivity index (χ0) is 12.1. The number of methoxy groups -OCH3 is 1. The summed E-state index contributed by atoms with van der Waals surface area (Å²) in [6, 6.07) is 2.44. The molecular formula is C11H15NO4. The molecule has 1 aromatic rings. The van der Waals surface area contributed by atoms with Crippen LogP contribution in [0.15, 0.2) is 23.1 Å². The third kappa shape index (κ3) is 2.70. The third-order valence-corrected chi connectivity index (χ3v) is 2.41. The maximum atomic E-state index is 11.6. The molecule has 0 fully saturated rings. The Bertz CT molecular complexity index is 424. The quantitative estimate of drug-likeness (QED) is 0.816. The largest absolute Gasteiger partial charge is 0.478 e. The van der Waals surface area contributed by atoms with Crippen LogP contribution < -0.4 is 5.56 Å². The molecule has 1 aromatic heterocycles. The van der Waals surface area contributed by atoms with Crippen LogP contribution in [0, 0.1) is 0 Å². The highest BCUT2D eigenvalue weighted by Gasteiger charge is 2.12. The van der Waals surface area contributed by atoms with Gasteiger partial charge in [-0.3, -0.25) is 4.79 Å². The van der Waals surface area contributed by atoms with Crippen molar-refractivity contribution in [1.82, 2.24) is 4.57 Å². The average Bonchev–Trinajstić information content (AvgIpc) is 2.26. The smallest absolute Gasteiger partial charge is 0.337 e. The highest BCUT2D eigenvalue weighted by molar-refractivity contribution is 5.87. The number of ether oxygens (including phenoxy) is 1. The molecule has 1 N–H and O–H groups in total. The molecule has 0 aromatic carbocycles. The van der Waals surface area contributed by atoms with Crippen LogP contribution in [0.3, 0.4) is 0 Å². The Kier molecular flexibility index (Phi) is 4.25. The van der Waals surface area contributed by atoms with E-state index in [0.717, 1.165) is 0 Å². The van der Waals surface area contributed by atoms with Gasteiger partial charge in [0.2, 0.25) is 0 Å². The van der Waals surface area contributed by atoms with E-state index in [9.17, 15) is 9.59 Å². The molecule has 1 atom stereocenters. The number of pyridine rings is 1. The second-order valence-corrected chi connectivity index (χ2v) is 3.49. The highest BCUT2D eigenvalue weighted by atomic mass is 16.5. The molecule has 0 saturated carbocycles. The lowest BCUT2D eigenvalue weighted by molar-refractivity contribution is 0.0695. The van der Waals surface area contributed by atoms with Crippen molar-refractivity contribution >= 4 is 5.97 Å². The molecule has 0 amide bonds. The Morgan fingerprint density at radius 2 is 2.25 bits per heavy atom. The molecule has 0 spiro atoms. The van der Waals surface area contributed by atoms with Gasteiger partial charge in [-0.25, -0.2) is 4.79 Å². The number of nitrogens with zero attached hydrogens (tertiary/aromatic N) is 1. The first-order valence-corrected chi connectivity index (χ1v) is 5.04. The lowest BCUT2D eigenvalue weighted by Gasteiger charge is -2.17. The van der Waals surface area contributed by atoms with Crippen molar-refractivity contribution in [2.45, 2.75) is 19.4 Å². The lowest BCUT2D eigenvalue weighted by Crippen LogP contribution is -2.27. The number of aromatic carboxylic acids is 1. The van der Waals surface area contributed by atoms with Crippen molar-refractivity contribution in [3.8, 4) is 0 Å². The molecule has 0 bridgehead atoms. The van der Waals surface area contributed by atoms with Gasteiger partial charge in [0, 0.05) is 19.4 Å². The van der Waals surface area contributed by atoms with Crippen molar-refractivity contribution in [3.63, 3.8) is 0 Å². The maximum Gasteiger partial charge on any atom is 0.337 e. The number of carboxylic acids is 1. The highest BCUT2D eigenvalue weighted by Crippen LogP contribution is 2.09. The van der Waals surface area contributed by atoms with Crippen LogP contribution in [-0.4, -0.2) is 29.4 Å². The van der Waals surface area contributed by atoms with Crippen LogP contribution in [0.5, 0.6) is 0 Å². The summed E-state index contributed by atoms with van der Waals surface area (Å²) in [5.41, 5.74) is -0.108. The first-order chi connectivity index (χ1) is 7.60. The van der Waals surface area contributed by atoms with E-state index in [1.54, 1.807) is 7.11 Å². The van der Waals surface area contributed by atoms with Crippen molar-refractivity contribution < 1.29 is 14.6 Å². The number of carbonyl (C=O) groups is 1. The van der Waals surface area contributed by atoms with Crippen molar-refractivity contribution in [1.29, 1.82) is 0 Å². The Hall–Kier alpha value is -1.62. The van der Waals surface area contributed by atoms with E-state index in [1.165, 1.54) is 22.9 Å². The van der Waals surface area contributed by atoms with Crippen LogP contribution in [0.1, 0.15) is 29.7 Å². The molecular weight excluding hydrogens is 210 g/mol. The number of aromatic nitrogens is 1. The van der Waals surface area contributed by atoms with Crippen molar-refractivity contribution in [2.75, 3.05) is 13.7 Å². The van der Waals surface area contributed by atoms with E-state index >= 15 is 0 Å². The molecule has 1 unspecified atom stereocenters. The summed E-state index contributed by atoms with van der Waals surface area (Å²) >= 11 is 0. The van der Waals surface area contributed by atoms with Crippen LogP contribution >= 0.6 is 0 Å². The number of rotatable bonds is 5. The Morgan fingerprint density at radius 3 is 2.75 bits per heavy atom. The minimum Gasteiger partial charge on any atom is -0.478 e. The second-order valence-electron chi connectivity index (χ2n) is 3.49. The summed E-state index contributed by atoms with van der Waals surface area (Å²) in [6.45, 7) is 2.31. The van der Waals surface area contributed by atoms with Gasteiger partial charge >= 0.3 is 5.97 Å². The van der Waals surface area contributed by atoms with Gasteiger partial charge in [0.25, 0.3) is 5.56 Å². The molecule has 0 saturated heterocycles. The molecule has 0 aliphatic rings. The van der Waals surface area contributed by atoms with Gasteiger partial charge in [-0.2, -0.15) is 0 Å². The molecule has 88 valence electrons. The van der Waals surface area contributed by atoms with Gasteiger partial charge in [-0.15, -0.1) is 0 Å². The van der Waals surface area contributed by atoms with Gasteiger partial charge in [0.05, 0.1) is 18.2 Å². The summed E-state index contributed by atoms with van der Waals surface area (Å²) in [5, 5.41) is 8.84. The molecule has 1 heterocycles. The fourth-order valence-electron chi connectivity index (χ4n) is 1.50. The average molecular weight is 225 g/mol. The Morgan fingerprint density at radius 1 is 1.56 bits per heavy atom. The van der Waals surface area contributed by atoms with Gasteiger partial charge in [-0.1, -0.05) is 6.92 Å². The molecule has 5 heteroatoms. The normalized spacial score (nSPS) is 12.4. The van der Waals surface area contributed by atoms with Crippen molar-refractivity contribution in [2.24, 2.45) is 0 Å². The van der Waals surface area contributed by atoms with E-state index in [-0.39, 0.29) is 17.2 Å². The lowest BCUT2D eigenvalue weighted by atomic mass is 10.2. The molecule has 0 aliphatic heterocycles. The topological polar surface area (TPSA) is 68.5 Å². The molecule has 5 nitrogen and oxygen atoms in total. The van der Waals surface area contributed by atoms with E-state index in [2.05, 4.69) is 0 Å². The summed E-state index contributed by atoms with van der Waals surface area (Å²) in [4.78, 5) is 22.4. The second kappa shape index (κ2) is 5.46. The van der Waals surface area contributed by atoms with Crippen LogP contribution in [0.4, 0.5) is 0 Å². The van der Waals surface area contributed by atoms with E-state index in [4.69, 9.17) is 9.84 Å². The third-order valence-electron chi connectivity index (χ3n) is 2.41. The van der Waals surface area contributed by atoms with Gasteiger partial charge < -0.3 is 14.4 Å². The molecule has 0 aliphatic carbocycles. The standard InChI is InChI=1S/C11H15NO4/c1-3-9(7-16-2)12-6-8(11(14)15)4-5-10(12)13/h4-6,9H,3,7H2,1-2H3,(H,14,15). The molecule has 0 radical (unpaired) electrons. The monoisotopic (exact) mass is 225 g/mol. The minimum absolute atomic E-state index is 0.106. The molecule has 1 rings (SSSR count). The number of hydrogen-bond acceptors (Lipinski definition) is 3. The van der Waals surface area contributed by atoms with E-state index < -0.39 is 5.97 Å². The van der Waals surface area contributed by atoms with Gasteiger partial charge in [0.1, 0.15) is 0 Å². The number of hydrogen-bond donors (Lipinski definition) is 1. The fourth-order valence-corrected chi connectivity index (χ4v) is 1.50. The van der Waals surface area contributed by atoms with Crippen LogP contribution in [0.2, 0.25) is 0 Å². The van der Waals surface area contributed by atoms with E-state index in [1.807, 2.05) is 6.92 Å². The SMILES string of the molecule is CCC(COC)n1cc(C(=O)O)ccc1=O. The summed E-state index contributed by atoms with van der Waals surface area (Å²) in [7, 11) is 1.55. The van der Waals surface area contributed by atoms with Crippen molar-refractivity contribution in [3.05, 3.63) is 34.2 Å². The molecule has 16 heavy (non-hydrogen) atoms. The van der Waals surface area contributed by atoms with Crippen LogP contribution in [-0.2, 0) is 4.74 Å². The summed E-state index contributed by atoms with van der Waals surface area (Å²) in [5.74, 6) is -1.04.